The first-order valence-corrected chi connectivity index (χ1v) is 13.3. The van der Waals surface area contributed by atoms with Crippen LogP contribution in [0.25, 0.3) is 0 Å². The van der Waals surface area contributed by atoms with E-state index < -0.39 is 0 Å². The molecule has 0 aromatic heterocycles. The maximum atomic E-state index is 13.6. The highest BCUT2D eigenvalue weighted by atomic mass is 35.5. The number of nitrogens with zero attached hydrogens (tertiary/aromatic N) is 1. The van der Waals surface area contributed by atoms with Crippen molar-refractivity contribution in [3.8, 4) is 0 Å². The molecule has 1 amide bonds. The van der Waals surface area contributed by atoms with Crippen molar-refractivity contribution < 1.29 is 14.3 Å². The van der Waals surface area contributed by atoms with Gasteiger partial charge in [-0.1, -0.05) is 23.7 Å². The number of carbonyl (C=O) groups is 2. The summed E-state index contributed by atoms with van der Waals surface area (Å²) in [4.78, 5) is 28.9. The third-order valence-corrected chi connectivity index (χ3v) is 9.13. The molecule has 0 bridgehead atoms. The molecule has 1 saturated carbocycles. The zero-order valence-corrected chi connectivity index (χ0v) is 20.5. The average Bonchev–Trinajstić information content (AvgIpc) is 2.82. The second-order valence-electron chi connectivity index (χ2n) is 9.78. The van der Waals surface area contributed by atoms with Crippen molar-refractivity contribution in [2.75, 3.05) is 13.2 Å². The summed E-state index contributed by atoms with van der Waals surface area (Å²) in [6.07, 6.45) is 7.24. The summed E-state index contributed by atoms with van der Waals surface area (Å²) >= 11 is 7.83. The van der Waals surface area contributed by atoms with Crippen LogP contribution in [-0.4, -0.2) is 41.1 Å². The predicted octanol–water partition coefficient (Wildman–Crippen LogP) is 4.91. The van der Waals surface area contributed by atoms with Crippen LogP contribution in [0.15, 0.2) is 47.1 Å². The summed E-state index contributed by atoms with van der Waals surface area (Å²) in [5, 5.41) is 6.20. The van der Waals surface area contributed by atoms with Gasteiger partial charge in [0.15, 0.2) is 5.78 Å². The summed E-state index contributed by atoms with van der Waals surface area (Å²) in [7, 11) is 0. The van der Waals surface area contributed by atoms with Crippen molar-refractivity contribution in [1.82, 2.24) is 10.2 Å². The molecule has 2 fully saturated rings. The van der Waals surface area contributed by atoms with Gasteiger partial charge in [0.1, 0.15) is 0 Å². The number of hydrogen-bond acceptors (Lipinski definition) is 5. The van der Waals surface area contributed by atoms with E-state index in [1.165, 1.54) is 6.42 Å². The largest absolute Gasteiger partial charge is 0.381 e. The zero-order chi connectivity index (χ0) is 22.9. The van der Waals surface area contributed by atoms with E-state index in [1.54, 1.807) is 18.3 Å². The van der Waals surface area contributed by atoms with E-state index in [0.717, 1.165) is 50.2 Å². The van der Waals surface area contributed by atoms with Crippen LogP contribution < -0.4 is 5.32 Å². The quantitative estimate of drug-likeness (QED) is 0.599. The zero-order valence-electron chi connectivity index (χ0n) is 19.0. The molecule has 5 rings (SSSR count). The van der Waals surface area contributed by atoms with Gasteiger partial charge in [-0.25, -0.2) is 0 Å². The van der Waals surface area contributed by atoms with Crippen LogP contribution in [0.1, 0.15) is 44.6 Å². The lowest BCUT2D eigenvalue weighted by molar-refractivity contribution is -0.128. The second kappa shape index (κ2) is 9.85. The Hall–Kier alpha value is -1.76. The predicted molar refractivity (Wildman–Crippen MR) is 132 cm³/mol. The molecule has 1 saturated heterocycles. The Morgan fingerprint density at radius 3 is 2.70 bits per heavy atom. The van der Waals surface area contributed by atoms with Crippen LogP contribution in [0.4, 0.5) is 0 Å². The molecule has 1 aromatic rings. The lowest BCUT2D eigenvalue weighted by Crippen LogP contribution is -2.56. The van der Waals surface area contributed by atoms with Crippen LogP contribution in [-0.2, 0) is 20.9 Å². The van der Waals surface area contributed by atoms with Crippen LogP contribution in [0.2, 0.25) is 5.02 Å². The Kier molecular flexibility index (Phi) is 6.86. The molecule has 33 heavy (non-hydrogen) atoms. The Balaban J connectivity index is 1.33. The molecule has 3 heterocycles. The molecular weight excluding hydrogens is 456 g/mol. The standard InChI is InChI=1S/C26H31ClN2O3S/c1-16-15-33-23-12-19(10-17-6-8-32-9-7-17)11-21-24(23)29(16)14-22(25(21)30)26(31)28-13-18-2-4-20(27)5-3-18/h2-5,14-15,17,19,21,23-24H,6-13H2,1H3,(H,28,31). The first kappa shape index (κ1) is 23.0. The second-order valence-corrected chi connectivity index (χ2v) is 11.3. The number of rotatable bonds is 5. The van der Waals surface area contributed by atoms with E-state index in [-0.39, 0.29) is 29.2 Å². The van der Waals surface area contributed by atoms with Crippen LogP contribution >= 0.6 is 23.4 Å². The number of benzene rings is 1. The van der Waals surface area contributed by atoms with Gasteiger partial charge in [-0.05, 0) is 74.0 Å². The summed E-state index contributed by atoms with van der Waals surface area (Å²) < 4.78 is 5.54. The average molecular weight is 487 g/mol. The fraction of sp³-hybridized carbons (Fsp3) is 0.538. The summed E-state index contributed by atoms with van der Waals surface area (Å²) in [6.45, 7) is 4.16. The minimum atomic E-state index is -0.289. The van der Waals surface area contributed by atoms with Gasteiger partial charge in [-0.15, -0.1) is 11.8 Å². The molecular formula is C26H31ClN2O3S. The van der Waals surface area contributed by atoms with E-state index >= 15 is 0 Å². The number of ketones is 1. The van der Waals surface area contributed by atoms with Gasteiger partial charge < -0.3 is 15.0 Å². The van der Waals surface area contributed by atoms with Crippen molar-refractivity contribution in [2.45, 2.75) is 56.9 Å². The normalized spacial score (nSPS) is 29.8. The van der Waals surface area contributed by atoms with Gasteiger partial charge in [0.05, 0.1) is 11.6 Å². The van der Waals surface area contributed by atoms with Crippen LogP contribution in [0.3, 0.4) is 0 Å². The monoisotopic (exact) mass is 486 g/mol. The van der Waals surface area contributed by atoms with E-state index in [0.29, 0.717) is 28.7 Å². The molecule has 1 aromatic carbocycles. The smallest absolute Gasteiger partial charge is 0.256 e. The van der Waals surface area contributed by atoms with Gasteiger partial charge in [-0.3, -0.25) is 9.59 Å². The number of amides is 1. The van der Waals surface area contributed by atoms with Gasteiger partial charge >= 0.3 is 0 Å². The highest BCUT2D eigenvalue weighted by Gasteiger charge is 2.50. The molecule has 5 nitrogen and oxygen atoms in total. The van der Waals surface area contributed by atoms with Gasteiger partial charge in [0.25, 0.3) is 5.91 Å². The molecule has 7 heteroatoms. The minimum absolute atomic E-state index is 0.0156. The molecule has 4 atom stereocenters. The molecule has 0 spiro atoms. The number of ether oxygens (including phenoxy) is 1. The molecule has 0 radical (unpaired) electrons. The molecule has 4 unspecified atom stereocenters. The highest BCUT2D eigenvalue weighted by molar-refractivity contribution is 8.02. The number of Topliss-reactive ketones (excluding diaryl/α,β-unsaturated/α-hetero) is 1. The van der Waals surface area contributed by atoms with Gasteiger partial charge in [-0.2, -0.15) is 0 Å². The molecule has 176 valence electrons. The van der Waals surface area contributed by atoms with E-state index in [9.17, 15) is 9.59 Å². The van der Waals surface area contributed by atoms with E-state index in [4.69, 9.17) is 16.3 Å². The fourth-order valence-corrected chi connectivity index (χ4v) is 7.35. The summed E-state index contributed by atoms with van der Waals surface area (Å²) in [6, 6.07) is 7.54. The van der Waals surface area contributed by atoms with E-state index in [2.05, 4.69) is 22.5 Å². The minimum Gasteiger partial charge on any atom is -0.381 e. The molecule has 4 aliphatic rings. The molecule has 1 aliphatic carbocycles. The van der Waals surface area contributed by atoms with Crippen molar-refractivity contribution >= 4 is 35.1 Å². The SMILES string of the molecule is CC1=CSC2CC(CC3CCOCC3)CC3C(=O)C(C(=O)NCc4ccc(Cl)cc4)=CN1C23. The van der Waals surface area contributed by atoms with Gasteiger partial charge in [0.2, 0.25) is 0 Å². The van der Waals surface area contributed by atoms with E-state index in [1.807, 2.05) is 23.9 Å². The van der Waals surface area contributed by atoms with Crippen LogP contribution in [0.5, 0.6) is 0 Å². The summed E-state index contributed by atoms with van der Waals surface area (Å²) in [5.41, 5.74) is 2.36. The third kappa shape index (κ3) is 4.89. The fourth-order valence-electron chi connectivity index (χ4n) is 5.86. The van der Waals surface area contributed by atoms with Crippen LogP contribution in [0, 0.1) is 17.8 Å². The van der Waals surface area contributed by atoms with Crippen molar-refractivity contribution in [3.63, 3.8) is 0 Å². The summed E-state index contributed by atoms with van der Waals surface area (Å²) in [5.74, 6) is 0.829. The molecule has 1 N–H and O–H groups in total. The highest BCUT2D eigenvalue weighted by Crippen LogP contribution is 2.48. The number of carbonyl (C=O) groups excluding carboxylic acids is 2. The maximum Gasteiger partial charge on any atom is 0.256 e. The topological polar surface area (TPSA) is 58.6 Å². The van der Waals surface area contributed by atoms with Crippen molar-refractivity contribution in [2.24, 2.45) is 17.8 Å². The maximum absolute atomic E-state index is 13.6. The number of allylic oxidation sites excluding steroid dienone is 1. The number of hydrogen-bond donors (Lipinski definition) is 1. The number of halogens is 1. The Bertz CT molecular complexity index is 970. The number of thioether (sulfide) groups is 1. The van der Waals surface area contributed by atoms with Crippen molar-refractivity contribution in [3.05, 3.63) is 57.7 Å². The number of nitrogens with one attached hydrogen (secondary N) is 1. The molecule has 3 aliphatic heterocycles. The lowest BCUT2D eigenvalue weighted by atomic mass is 9.69. The first-order chi connectivity index (χ1) is 16.0. The lowest BCUT2D eigenvalue weighted by Gasteiger charge is -2.51. The first-order valence-electron chi connectivity index (χ1n) is 12.0. The Labute approximate surface area is 205 Å². The third-order valence-electron chi connectivity index (χ3n) is 7.58. The van der Waals surface area contributed by atoms with Gasteiger partial charge in [0, 0.05) is 47.8 Å². The van der Waals surface area contributed by atoms with Crippen molar-refractivity contribution in [1.29, 1.82) is 0 Å². The Morgan fingerprint density at radius 2 is 1.94 bits per heavy atom. The Morgan fingerprint density at radius 1 is 1.18 bits per heavy atom.